The predicted octanol–water partition coefficient (Wildman–Crippen LogP) is 6.03. The van der Waals surface area contributed by atoms with Crippen molar-refractivity contribution in [3.63, 3.8) is 0 Å². The fraction of sp³-hybridized carbons (Fsp3) is 0.222. The highest BCUT2D eigenvalue weighted by Gasteiger charge is 2.19. The first-order valence-electron chi connectivity index (χ1n) is 10.9. The van der Waals surface area contributed by atoms with Gasteiger partial charge in [0.15, 0.2) is 0 Å². The third-order valence-electron chi connectivity index (χ3n) is 5.30. The van der Waals surface area contributed by atoms with Gasteiger partial charge in [0, 0.05) is 6.54 Å². The van der Waals surface area contributed by atoms with Gasteiger partial charge >= 0.3 is 5.97 Å². The van der Waals surface area contributed by atoms with Crippen LogP contribution >= 0.6 is 0 Å². The highest BCUT2D eigenvalue weighted by molar-refractivity contribution is 5.88. The zero-order valence-electron chi connectivity index (χ0n) is 19.8. The lowest BCUT2D eigenvalue weighted by Gasteiger charge is -2.15. The second-order valence-corrected chi connectivity index (χ2v) is 7.89. The Hall–Kier alpha value is -4.13. The number of esters is 1. The molecule has 0 radical (unpaired) electrons. The number of nitrogens with one attached hydrogen (secondary N) is 2. The molecule has 0 atom stereocenters. The van der Waals surface area contributed by atoms with Crippen LogP contribution in [0.3, 0.4) is 0 Å². The molecule has 7 nitrogen and oxygen atoms in total. The molecule has 0 bridgehead atoms. The van der Waals surface area contributed by atoms with Gasteiger partial charge in [-0.05, 0) is 52.4 Å². The summed E-state index contributed by atoms with van der Waals surface area (Å²) in [7, 11) is 2.83. The standard InChI is InChI=1S/C27H29N3O4/c1-18(2)20-7-9-21(10-8-20)22-11-15-24(16-12-22)34-26(25(30-28)27(31)33-4)29-17-19-5-13-23(32-3)14-6-19/h5-16,18,28-29H,17H2,1-4H3/b26-25+,30-28?. The molecule has 0 saturated carbocycles. The molecule has 7 heteroatoms. The van der Waals surface area contributed by atoms with Crippen LogP contribution in [0.4, 0.5) is 0 Å². The average Bonchev–Trinajstić information content (AvgIpc) is 2.88. The second-order valence-electron chi connectivity index (χ2n) is 7.89. The average molecular weight is 460 g/mol. The van der Waals surface area contributed by atoms with Crippen LogP contribution < -0.4 is 14.8 Å². The number of carbonyl (C=O) groups is 1. The maximum absolute atomic E-state index is 12.2. The highest BCUT2D eigenvalue weighted by atomic mass is 16.5. The van der Waals surface area contributed by atoms with Crippen molar-refractivity contribution < 1.29 is 19.0 Å². The Labute approximate surface area is 199 Å². The number of ether oxygens (including phenoxy) is 3. The maximum Gasteiger partial charge on any atom is 0.364 e. The maximum atomic E-state index is 12.2. The summed E-state index contributed by atoms with van der Waals surface area (Å²) in [6, 6.07) is 23.4. The number of benzene rings is 3. The van der Waals surface area contributed by atoms with Crippen LogP contribution in [-0.4, -0.2) is 20.2 Å². The third-order valence-corrected chi connectivity index (χ3v) is 5.30. The van der Waals surface area contributed by atoms with Crippen LogP contribution in [0, 0.1) is 5.53 Å². The third kappa shape index (κ3) is 6.22. The van der Waals surface area contributed by atoms with Gasteiger partial charge in [-0.2, -0.15) is 0 Å². The fourth-order valence-corrected chi connectivity index (χ4v) is 3.27. The van der Waals surface area contributed by atoms with Gasteiger partial charge in [0.1, 0.15) is 11.5 Å². The number of nitrogens with zero attached hydrogens (tertiary/aromatic N) is 1. The summed E-state index contributed by atoms with van der Waals surface area (Å²) in [4.78, 5) is 12.2. The van der Waals surface area contributed by atoms with Gasteiger partial charge in [-0.1, -0.05) is 62.4 Å². The summed E-state index contributed by atoms with van der Waals surface area (Å²) in [6.45, 7) is 4.68. The van der Waals surface area contributed by atoms with Crippen LogP contribution in [0.15, 0.2) is 89.5 Å². The summed E-state index contributed by atoms with van der Waals surface area (Å²) in [5.74, 6) is 0.976. The van der Waals surface area contributed by atoms with Crippen LogP contribution in [-0.2, 0) is 16.1 Å². The van der Waals surface area contributed by atoms with Crippen LogP contribution in [0.2, 0.25) is 0 Å². The van der Waals surface area contributed by atoms with Crippen LogP contribution in [0.5, 0.6) is 11.5 Å². The van der Waals surface area contributed by atoms with Crippen LogP contribution in [0.25, 0.3) is 11.1 Å². The van der Waals surface area contributed by atoms with E-state index < -0.39 is 5.97 Å². The number of hydrogen-bond acceptors (Lipinski definition) is 7. The molecule has 0 heterocycles. The molecular formula is C27H29N3O4. The summed E-state index contributed by atoms with van der Waals surface area (Å²) >= 11 is 0. The molecule has 2 N–H and O–H groups in total. The zero-order valence-corrected chi connectivity index (χ0v) is 19.8. The quantitative estimate of drug-likeness (QED) is 0.167. The van der Waals surface area contributed by atoms with E-state index in [0.717, 1.165) is 22.4 Å². The normalized spacial score (nSPS) is 11.4. The number of rotatable bonds is 10. The van der Waals surface area contributed by atoms with Crippen molar-refractivity contribution >= 4 is 5.97 Å². The molecule has 0 aliphatic heterocycles. The molecule has 0 spiro atoms. The van der Waals surface area contributed by atoms with E-state index in [-0.39, 0.29) is 11.6 Å². The summed E-state index contributed by atoms with van der Waals surface area (Å²) in [5.41, 5.74) is 11.5. The molecule has 0 unspecified atom stereocenters. The minimum Gasteiger partial charge on any atom is -0.497 e. The molecule has 34 heavy (non-hydrogen) atoms. The van der Waals surface area contributed by atoms with E-state index in [4.69, 9.17) is 19.7 Å². The number of carbonyl (C=O) groups excluding carboxylic acids is 1. The first-order valence-corrected chi connectivity index (χ1v) is 10.9. The molecule has 0 aliphatic rings. The Morgan fingerprint density at radius 1 is 0.882 bits per heavy atom. The monoisotopic (exact) mass is 459 g/mol. The summed E-state index contributed by atoms with van der Waals surface area (Å²) < 4.78 is 15.9. The van der Waals surface area contributed by atoms with E-state index in [0.29, 0.717) is 18.2 Å². The van der Waals surface area contributed by atoms with E-state index in [1.807, 2.05) is 36.4 Å². The molecular weight excluding hydrogens is 430 g/mol. The van der Waals surface area contributed by atoms with Crippen molar-refractivity contribution in [3.05, 3.63) is 95.5 Å². The first-order chi connectivity index (χ1) is 16.4. The molecule has 3 aromatic carbocycles. The van der Waals surface area contributed by atoms with Gasteiger partial charge in [-0.3, -0.25) is 0 Å². The SMILES string of the molecule is COC(=O)/C(N=N)=C(/NCc1ccc(OC)cc1)Oc1ccc(-c2ccc(C(C)C)cc2)cc1. The Morgan fingerprint density at radius 2 is 1.44 bits per heavy atom. The van der Waals surface area contributed by atoms with E-state index in [9.17, 15) is 4.79 Å². The van der Waals surface area contributed by atoms with Gasteiger partial charge in [0.2, 0.25) is 11.6 Å². The summed E-state index contributed by atoms with van der Waals surface area (Å²) in [6.07, 6.45) is 0. The van der Waals surface area contributed by atoms with Crippen molar-refractivity contribution in [3.8, 4) is 22.6 Å². The molecule has 0 amide bonds. The Bertz CT molecular complexity index is 1140. The van der Waals surface area contributed by atoms with E-state index in [2.05, 4.69) is 48.5 Å². The van der Waals surface area contributed by atoms with Gasteiger partial charge in [-0.15, -0.1) is 5.11 Å². The predicted molar refractivity (Wildman–Crippen MR) is 131 cm³/mol. The zero-order chi connectivity index (χ0) is 24.5. The molecule has 0 saturated heterocycles. The van der Waals surface area contributed by atoms with Gasteiger partial charge in [0.05, 0.1) is 14.2 Å². The van der Waals surface area contributed by atoms with Crippen molar-refractivity contribution in [2.45, 2.75) is 26.3 Å². The lowest BCUT2D eigenvalue weighted by molar-refractivity contribution is -0.136. The van der Waals surface area contributed by atoms with Gasteiger partial charge < -0.3 is 19.5 Å². The summed E-state index contributed by atoms with van der Waals surface area (Å²) in [5, 5.41) is 6.38. The largest absolute Gasteiger partial charge is 0.497 e. The van der Waals surface area contributed by atoms with Crippen molar-refractivity contribution in [2.24, 2.45) is 5.11 Å². The van der Waals surface area contributed by atoms with Crippen molar-refractivity contribution in [2.75, 3.05) is 14.2 Å². The Balaban J connectivity index is 1.80. The number of hydrogen-bond donors (Lipinski definition) is 2. The molecule has 176 valence electrons. The molecule has 0 aliphatic carbocycles. The van der Waals surface area contributed by atoms with E-state index in [1.54, 1.807) is 19.2 Å². The van der Waals surface area contributed by atoms with Crippen molar-refractivity contribution in [1.82, 2.24) is 5.32 Å². The number of methoxy groups -OCH3 is 2. The molecule has 3 aromatic rings. The van der Waals surface area contributed by atoms with E-state index >= 15 is 0 Å². The van der Waals surface area contributed by atoms with Crippen molar-refractivity contribution in [1.29, 1.82) is 5.53 Å². The van der Waals surface area contributed by atoms with E-state index in [1.165, 1.54) is 12.7 Å². The van der Waals surface area contributed by atoms with Gasteiger partial charge in [0.25, 0.3) is 0 Å². The lowest BCUT2D eigenvalue weighted by atomic mass is 9.99. The topological polar surface area (TPSA) is 93.0 Å². The smallest absolute Gasteiger partial charge is 0.364 e. The lowest BCUT2D eigenvalue weighted by Crippen LogP contribution is -2.22. The molecule has 3 rings (SSSR count). The Kier molecular flexibility index (Phi) is 8.40. The minimum atomic E-state index is -0.769. The molecule has 0 fully saturated rings. The first kappa shape index (κ1) is 24.5. The fourth-order valence-electron chi connectivity index (χ4n) is 3.27. The molecule has 0 aromatic heterocycles. The van der Waals surface area contributed by atoms with Crippen LogP contribution in [0.1, 0.15) is 30.9 Å². The highest BCUT2D eigenvalue weighted by Crippen LogP contribution is 2.26. The minimum absolute atomic E-state index is 0.0340. The van der Waals surface area contributed by atoms with Gasteiger partial charge in [-0.25, -0.2) is 10.3 Å². The Morgan fingerprint density at radius 3 is 1.94 bits per heavy atom. The second kappa shape index (κ2) is 11.7.